The van der Waals surface area contributed by atoms with Gasteiger partial charge < -0.3 is 15.4 Å². The van der Waals surface area contributed by atoms with E-state index in [9.17, 15) is 0 Å². The molecule has 2 N–H and O–H groups in total. The van der Waals surface area contributed by atoms with Gasteiger partial charge in [0.2, 0.25) is 0 Å². The molecule has 4 nitrogen and oxygen atoms in total. The van der Waals surface area contributed by atoms with E-state index >= 15 is 0 Å². The zero-order valence-corrected chi connectivity index (χ0v) is 15.6. The smallest absolute Gasteiger partial charge is 0.191 e. The maximum absolute atomic E-state index is 5.68. The lowest BCUT2D eigenvalue weighted by molar-refractivity contribution is 0.121. The third-order valence-corrected chi connectivity index (χ3v) is 4.62. The fourth-order valence-corrected chi connectivity index (χ4v) is 3.18. The standard InChI is InChI=1S/C19H27N3OS/c1-4-11-23-14-17-8-6-5-7-16(17)12-21-19(20-3)22-13-18-10-9-15(2)24-18/h5-10H,4,11-14H2,1-3H3,(H2,20,21,22). The molecule has 0 aliphatic carbocycles. The number of ether oxygens (including phenoxy) is 1. The Bertz CT molecular complexity index is 652. The first kappa shape index (κ1) is 18.5. The molecule has 0 atom stereocenters. The largest absolute Gasteiger partial charge is 0.377 e. The van der Waals surface area contributed by atoms with Crippen LogP contribution in [-0.2, 0) is 24.4 Å². The van der Waals surface area contributed by atoms with Crippen molar-refractivity contribution in [2.45, 2.75) is 40.0 Å². The molecule has 0 unspecified atom stereocenters. The van der Waals surface area contributed by atoms with Crippen molar-refractivity contribution < 1.29 is 4.74 Å². The molecular formula is C19H27N3OS. The van der Waals surface area contributed by atoms with Crippen LogP contribution < -0.4 is 10.6 Å². The number of nitrogens with zero attached hydrogens (tertiary/aromatic N) is 1. The summed E-state index contributed by atoms with van der Waals surface area (Å²) in [6.45, 7) is 7.22. The molecule has 0 saturated heterocycles. The summed E-state index contributed by atoms with van der Waals surface area (Å²) in [6.07, 6.45) is 1.04. The van der Waals surface area contributed by atoms with E-state index in [1.54, 1.807) is 18.4 Å². The van der Waals surface area contributed by atoms with Gasteiger partial charge in [-0.2, -0.15) is 0 Å². The Labute approximate surface area is 149 Å². The summed E-state index contributed by atoms with van der Waals surface area (Å²) in [6, 6.07) is 12.7. The average molecular weight is 346 g/mol. The topological polar surface area (TPSA) is 45.6 Å². The highest BCUT2D eigenvalue weighted by atomic mass is 32.1. The molecular weight excluding hydrogens is 318 g/mol. The van der Waals surface area contributed by atoms with Gasteiger partial charge in [-0.1, -0.05) is 31.2 Å². The third kappa shape index (κ3) is 5.98. The van der Waals surface area contributed by atoms with Crippen molar-refractivity contribution in [1.82, 2.24) is 10.6 Å². The molecule has 0 fully saturated rings. The zero-order valence-electron chi connectivity index (χ0n) is 14.8. The number of benzene rings is 1. The molecule has 0 radical (unpaired) electrons. The fraction of sp³-hybridized carbons (Fsp3) is 0.421. The number of aliphatic imine (C=N–C) groups is 1. The van der Waals surface area contributed by atoms with Crippen LogP contribution in [-0.4, -0.2) is 19.6 Å². The minimum Gasteiger partial charge on any atom is -0.377 e. The van der Waals surface area contributed by atoms with Crippen molar-refractivity contribution in [3.05, 3.63) is 57.3 Å². The highest BCUT2D eigenvalue weighted by molar-refractivity contribution is 7.11. The lowest BCUT2D eigenvalue weighted by Crippen LogP contribution is -2.36. The van der Waals surface area contributed by atoms with Crippen LogP contribution >= 0.6 is 11.3 Å². The summed E-state index contributed by atoms with van der Waals surface area (Å²) in [7, 11) is 1.80. The number of hydrogen-bond donors (Lipinski definition) is 2. The number of rotatable bonds is 8. The van der Waals surface area contributed by atoms with Gasteiger partial charge in [-0.3, -0.25) is 4.99 Å². The second kappa shape index (κ2) is 10.1. The van der Waals surface area contributed by atoms with E-state index in [1.165, 1.54) is 20.9 Å². The molecule has 2 aromatic rings. The number of thiophene rings is 1. The van der Waals surface area contributed by atoms with E-state index in [0.717, 1.165) is 32.1 Å². The summed E-state index contributed by atoms with van der Waals surface area (Å²) in [4.78, 5) is 6.94. The minimum atomic E-state index is 0.659. The second-order valence-corrected chi connectivity index (χ2v) is 6.99. The van der Waals surface area contributed by atoms with Crippen molar-refractivity contribution in [1.29, 1.82) is 0 Å². The summed E-state index contributed by atoms with van der Waals surface area (Å²) < 4.78 is 5.68. The highest BCUT2D eigenvalue weighted by Crippen LogP contribution is 2.14. The van der Waals surface area contributed by atoms with Crippen molar-refractivity contribution in [2.24, 2.45) is 4.99 Å². The van der Waals surface area contributed by atoms with Crippen LogP contribution in [0.5, 0.6) is 0 Å². The highest BCUT2D eigenvalue weighted by Gasteiger charge is 2.04. The van der Waals surface area contributed by atoms with Crippen LogP contribution in [0.2, 0.25) is 0 Å². The normalized spacial score (nSPS) is 11.5. The minimum absolute atomic E-state index is 0.659. The van der Waals surface area contributed by atoms with Crippen LogP contribution in [0.25, 0.3) is 0 Å². The van der Waals surface area contributed by atoms with Gasteiger partial charge in [0.15, 0.2) is 5.96 Å². The van der Waals surface area contributed by atoms with Crippen molar-refractivity contribution in [3.63, 3.8) is 0 Å². The van der Waals surface area contributed by atoms with E-state index in [-0.39, 0.29) is 0 Å². The number of hydrogen-bond acceptors (Lipinski definition) is 3. The first-order valence-electron chi connectivity index (χ1n) is 8.37. The molecule has 24 heavy (non-hydrogen) atoms. The maximum Gasteiger partial charge on any atom is 0.191 e. The van der Waals surface area contributed by atoms with Gasteiger partial charge in [-0.15, -0.1) is 11.3 Å². The predicted octanol–water partition coefficient (Wildman–Crippen LogP) is 3.85. The van der Waals surface area contributed by atoms with Crippen LogP contribution in [0.3, 0.4) is 0 Å². The molecule has 0 amide bonds. The average Bonchev–Trinajstić information content (AvgIpc) is 3.02. The van der Waals surface area contributed by atoms with Crippen LogP contribution in [0.4, 0.5) is 0 Å². The zero-order chi connectivity index (χ0) is 17.2. The van der Waals surface area contributed by atoms with Crippen molar-refractivity contribution in [3.8, 4) is 0 Å². The molecule has 2 rings (SSSR count). The number of aryl methyl sites for hydroxylation is 1. The Balaban J connectivity index is 1.86. The Hall–Kier alpha value is -1.85. The molecule has 0 aliphatic rings. The molecule has 0 spiro atoms. The third-order valence-electron chi connectivity index (χ3n) is 3.62. The maximum atomic E-state index is 5.68. The molecule has 1 aromatic carbocycles. The fourth-order valence-electron chi connectivity index (χ4n) is 2.35. The summed E-state index contributed by atoms with van der Waals surface area (Å²) in [5.74, 6) is 0.810. The molecule has 0 aliphatic heterocycles. The molecule has 0 saturated carbocycles. The van der Waals surface area contributed by atoms with E-state index in [2.05, 4.69) is 65.9 Å². The number of guanidine groups is 1. The van der Waals surface area contributed by atoms with E-state index in [1.807, 2.05) is 0 Å². The van der Waals surface area contributed by atoms with E-state index < -0.39 is 0 Å². The Morgan fingerprint density at radius 1 is 1.08 bits per heavy atom. The summed E-state index contributed by atoms with van der Waals surface area (Å²) in [5, 5.41) is 6.74. The quantitative estimate of drug-likeness (QED) is 0.434. The summed E-state index contributed by atoms with van der Waals surface area (Å²) >= 11 is 1.81. The van der Waals surface area contributed by atoms with Crippen LogP contribution in [0, 0.1) is 6.92 Å². The van der Waals surface area contributed by atoms with Gasteiger partial charge in [0.1, 0.15) is 0 Å². The molecule has 1 heterocycles. The van der Waals surface area contributed by atoms with E-state index in [4.69, 9.17) is 4.74 Å². The molecule has 0 bridgehead atoms. The van der Waals surface area contributed by atoms with Crippen LogP contribution in [0.1, 0.15) is 34.2 Å². The van der Waals surface area contributed by atoms with Gasteiger partial charge in [-0.25, -0.2) is 0 Å². The second-order valence-electron chi connectivity index (χ2n) is 5.61. The van der Waals surface area contributed by atoms with Gasteiger partial charge >= 0.3 is 0 Å². The SMILES string of the molecule is CCCOCc1ccccc1CNC(=NC)NCc1ccc(C)s1. The lowest BCUT2D eigenvalue weighted by Gasteiger charge is -2.14. The van der Waals surface area contributed by atoms with Gasteiger partial charge in [0, 0.05) is 30.0 Å². The van der Waals surface area contributed by atoms with Gasteiger partial charge in [-0.05, 0) is 36.6 Å². The van der Waals surface area contributed by atoms with Crippen molar-refractivity contribution >= 4 is 17.3 Å². The van der Waals surface area contributed by atoms with E-state index in [0.29, 0.717) is 6.61 Å². The monoisotopic (exact) mass is 345 g/mol. The number of nitrogens with one attached hydrogen (secondary N) is 2. The Kier molecular flexibility index (Phi) is 7.79. The lowest BCUT2D eigenvalue weighted by atomic mass is 10.1. The first-order valence-corrected chi connectivity index (χ1v) is 9.19. The first-order chi connectivity index (χ1) is 11.7. The van der Waals surface area contributed by atoms with Gasteiger partial charge in [0.25, 0.3) is 0 Å². The van der Waals surface area contributed by atoms with Crippen LogP contribution in [0.15, 0.2) is 41.4 Å². The van der Waals surface area contributed by atoms with Gasteiger partial charge in [0.05, 0.1) is 13.2 Å². The molecule has 5 heteroatoms. The molecule has 1 aromatic heterocycles. The predicted molar refractivity (Wildman–Crippen MR) is 102 cm³/mol. The molecule has 130 valence electrons. The Morgan fingerprint density at radius 2 is 1.83 bits per heavy atom. The summed E-state index contributed by atoms with van der Waals surface area (Å²) in [5.41, 5.74) is 2.46. The Morgan fingerprint density at radius 3 is 2.50 bits per heavy atom. The van der Waals surface area contributed by atoms with Crippen molar-refractivity contribution in [2.75, 3.05) is 13.7 Å².